The van der Waals surface area contributed by atoms with Gasteiger partial charge in [-0.05, 0) is 339 Å². The van der Waals surface area contributed by atoms with E-state index in [1.165, 1.54) is 252 Å². The zero-order valence-corrected chi connectivity index (χ0v) is 72.7. The monoisotopic (exact) mass is 1540 g/mol. The summed E-state index contributed by atoms with van der Waals surface area (Å²) in [7, 11) is 0. The maximum absolute atomic E-state index is 2.37. The molecule has 0 heteroatoms. The molecule has 0 aliphatic rings. The minimum absolute atomic E-state index is 0.177. The molecule has 0 heterocycles. The van der Waals surface area contributed by atoms with Crippen LogP contribution in [0.25, 0.3) is 163 Å². The second kappa shape index (κ2) is 33.2. The van der Waals surface area contributed by atoms with Gasteiger partial charge in [0.2, 0.25) is 0 Å². The van der Waals surface area contributed by atoms with Crippen molar-refractivity contribution in [2.45, 2.75) is 130 Å². The molecule has 20 aromatic rings. The molecule has 0 amide bonds. The van der Waals surface area contributed by atoms with E-state index in [0.29, 0.717) is 0 Å². The lowest BCUT2D eigenvalue weighted by molar-refractivity contribution is 0.590. The molecule has 0 aliphatic carbocycles. The molecule has 0 spiro atoms. The standard InChI is InChI=1S/2C25H24.C24H22.C23H20.C22H18/c1-15-11-21-19(5)22-12-16(2)18(4)14-24(22)25(23(21)13-17(15)3)20-9-7-6-8-10-20;1-17-20-9-5-7-11-22(20)24(23-12-8-6-10-21(17)23)18-13-15-19(16-14-18)25(2,3)4;1-15-13-16(2)23(17(3)14-15)24-21-11-7-5-9-19(21)18(4)20-10-6-8-12-22(20)24;1-15-10-12-20-21(13-15)17(3)19-11-9-16(2)14-22(19)23(20)18-7-5-4-6-8-18;1-15-11-13-17(14-12-15)22-20-9-5-3-7-18(20)16(2)19-8-4-6-10-21(19)22/h6-14H,1-5H3;5-16H,1-4H3;5-14H,1-4H3;4-14H,1-3H3;3-14H,1-2H3. The summed E-state index contributed by atoms with van der Waals surface area (Å²) in [6, 6.07) is 120. The predicted molar refractivity (Wildman–Crippen MR) is 524 cm³/mol. The third kappa shape index (κ3) is 15.4. The van der Waals surface area contributed by atoms with E-state index in [2.05, 4.69) is 452 Å². The van der Waals surface area contributed by atoms with Crippen molar-refractivity contribution < 1.29 is 0 Å². The molecule has 0 nitrogen and oxygen atoms in total. The fraction of sp³-hybridized carbons (Fsp3) is 0.160. The van der Waals surface area contributed by atoms with Crippen LogP contribution in [0.4, 0.5) is 0 Å². The largest absolute Gasteiger partial charge is 0.0622 e. The molecule has 20 rings (SSSR count). The van der Waals surface area contributed by atoms with Gasteiger partial charge in [0, 0.05) is 0 Å². The molecule has 20 aromatic carbocycles. The molecule has 0 N–H and O–H groups in total. The number of aryl methyl sites for hydroxylation is 15. The number of hydrogen-bond donors (Lipinski definition) is 0. The van der Waals surface area contributed by atoms with Crippen LogP contribution in [0.3, 0.4) is 0 Å². The minimum Gasteiger partial charge on any atom is -0.0622 e. The first-order chi connectivity index (χ1) is 57.4. The van der Waals surface area contributed by atoms with E-state index in [1.807, 2.05) is 0 Å². The fourth-order valence-electron chi connectivity index (χ4n) is 18.8. The Kier molecular flexibility index (Phi) is 22.3. The molecule has 0 saturated carbocycles. The number of rotatable bonds is 5. The van der Waals surface area contributed by atoms with Crippen molar-refractivity contribution in [2.24, 2.45) is 0 Å². The third-order valence-electron chi connectivity index (χ3n) is 25.3. The maximum Gasteiger partial charge on any atom is -0.00213 e. The van der Waals surface area contributed by atoms with Crippen LogP contribution >= 0.6 is 0 Å². The fourth-order valence-corrected chi connectivity index (χ4v) is 18.8. The summed E-state index contributed by atoms with van der Waals surface area (Å²) in [6.45, 7) is 40.0. The predicted octanol–water partition coefficient (Wildman–Crippen LogP) is 34.2. The van der Waals surface area contributed by atoms with E-state index >= 15 is 0 Å². The van der Waals surface area contributed by atoms with Crippen molar-refractivity contribution in [1.82, 2.24) is 0 Å². The van der Waals surface area contributed by atoms with Crippen molar-refractivity contribution in [3.05, 3.63) is 417 Å². The van der Waals surface area contributed by atoms with E-state index in [1.54, 1.807) is 0 Å². The molecule has 0 bridgehead atoms. The molecular formula is C119H108. The van der Waals surface area contributed by atoms with Gasteiger partial charge in [0.15, 0.2) is 0 Å². The molecule has 0 saturated heterocycles. The van der Waals surface area contributed by atoms with Gasteiger partial charge in [0.05, 0.1) is 0 Å². The first kappa shape index (κ1) is 79.8. The van der Waals surface area contributed by atoms with Crippen molar-refractivity contribution in [3.63, 3.8) is 0 Å². The second-order valence-electron chi connectivity index (χ2n) is 34.5. The van der Waals surface area contributed by atoms with Crippen LogP contribution in [0.5, 0.6) is 0 Å². The van der Waals surface area contributed by atoms with Crippen LogP contribution in [0, 0.1) is 104 Å². The third-order valence-corrected chi connectivity index (χ3v) is 25.3. The highest BCUT2D eigenvalue weighted by Gasteiger charge is 2.22. The molecule has 0 radical (unpaired) electrons. The normalized spacial score (nSPS) is 11.4. The summed E-state index contributed by atoms with van der Waals surface area (Å²) < 4.78 is 0. The summed E-state index contributed by atoms with van der Waals surface area (Å²) in [5.74, 6) is 0. The topological polar surface area (TPSA) is 0 Å². The van der Waals surface area contributed by atoms with Crippen LogP contribution in [0.1, 0.15) is 110 Å². The van der Waals surface area contributed by atoms with Crippen molar-refractivity contribution in [2.75, 3.05) is 0 Å². The van der Waals surface area contributed by atoms with Gasteiger partial charge in [0.25, 0.3) is 0 Å². The Labute approximate surface area is 705 Å². The van der Waals surface area contributed by atoms with Crippen LogP contribution < -0.4 is 0 Å². The van der Waals surface area contributed by atoms with Gasteiger partial charge in [-0.25, -0.2) is 0 Å². The molecule has 0 atom stereocenters. The van der Waals surface area contributed by atoms with Crippen LogP contribution in [0.15, 0.2) is 328 Å². The van der Waals surface area contributed by atoms with Crippen LogP contribution in [-0.4, -0.2) is 0 Å². The van der Waals surface area contributed by atoms with Crippen LogP contribution in [0.2, 0.25) is 0 Å². The van der Waals surface area contributed by atoms with Gasteiger partial charge in [-0.2, -0.15) is 0 Å². The van der Waals surface area contributed by atoms with Crippen LogP contribution in [-0.2, 0) is 5.41 Å². The Morgan fingerprint density at radius 1 is 0.143 bits per heavy atom. The summed E-state index contributed by atoms with van der Waals surface area (Å²) in [5, 5.41) is 27.0. The van der Waals surface area contributed by atoms with E-state index in [-0.39, 0.29) is 5.41 Å². The average molecular weight is 1540 g/mol. The molecule has 584 valence electrons. The van der Waals surface area contributed by atoms with Crippen molar-refractivity contribution in [3.8, 4) is 55.6 Å². The number of benzene rings is 20. The quantitative estimate of drug-likeness (QED) is 0.151. The van der Waals surface area contributed by atoms with Crippen molar-refractivity contribution >= 4 is 108 Å². The number of fused-ring (bicyclic) bond motifs is 10. The molecular weight excluding hydrogens is 1430 g/mol. The SMILES string of the molecule is Cc1c2ccccc2c(-c2ccc(C(C)(C)C)cc2)c2ccccc12.Cc1cc(C)c(-c2c3ccccc3c(C)c3ccccc23)c(C)c1.Cc1cc2c(C)c3cc(C)c(C)cc3c(-c3ccccc3)c2cc1C.Cc1ccc(-c2c3ccccc3c(C)c3ccccc23)cc1.Cc1ccc2c(-c3ccccc3)c3cc(C)ccc3c(C)c2c1. The lowest BCUT2D eigenvalue weighted by Crippen LogP contribution is -2.10. The van der Waals surface area contributed by atoms with Gasteiger partial charge in [-0.1, -0.05) is 371 Å². The summed E-state index contributed by atoms with van der Waals surface area (Å²) >= 11 is 0. The van der Waals surface area contributed by atoms with Gasteiger partial charge in [-0.15, -0.1) is 0 Å². The van der Waals surface area contributed by atoms with Gasteiger partial charge < -0.3 is 0 Å². The zero-order chi connectivity index (χ0) is 83.2. The first-order valence-electron chi connectivity index (χ1n) is 42.4. The Morgan fingerprint density at radius 2 is 0.370 bits per heavy atom. The molecule has 0 aromatic heterocycles. The second-order valence-corrected chi connectivity index (χ2v) is 34.5. The first-order valence-corrected chi connectivity index (χ1v) is 42.4. The van der Waals surface area contributed by atoms with E-state index < -0.39 is 0 Å². The summed E-state index contributed by atoms with van der Waals surface area (Å²) in [6.07, 6.45) is 0. The van der Waals surface area contributed by atoms with E-state index in [9.17, 15) is 0 Å². The Hall–Kier alpha value is -13.0. The Balaban J connectivity index is 0.000000111. The van der Waals surface area contributed by atoms with E-state index in [0.717, 1.165) is 0 Å². The highest BCUT2D eigenvalue weighted by Crippen LogP contribution is 2.47. The minimum atomic E-state index is 0.177. The average Bonchev–Trinajstić information content (AvgIpc) is 0.752. The molecule has 0 unspecified atom stereocenters. The molecule has 0 fully saturated rings. The molecule has 119 heavy (non-hydrogen) atoms. The van der Waals surface area contributed by atoms with E-state index in [4.69, 9.17) is 0 Å². The van der Waals surface area contributed by atoms with Gasteiger partial charge in [0.1, 0.15) is 0 Å². The smallest absolute Gasteiger partial charge is 0.00213 e. The van der Waals surface area contributed by atoms with Gasteiger partial charge >= 0.3 is 0 Å². The lowest BCUT2D eigenvalue weighted by Gasteiger charge is -2.20. The highest BCUT2D eigenvalue weighted by molar-refractivity contribution is 6.20. The lowest BCUT2D eigenvalue weighted by atomic mass is 9.84. The Bertz CT molecular complexity index is 7040. The highest BCUT2D eigenvalue weighted by atomic mass is 14.3. The molecule has 0 aliphatic heterocycles. The van der Waals surface area contributed by atoms with Gasteiger partial charge in [-0.3, -0.25) is 0 Å². The summed E-state index contributed by atoms with van der Waals surface area (Å²) in [4.78, 5) is 0. The van der Waals surface area contributed by atoms with Crippen molar-refractivity contribution in [1.29, 1.82) is 0 Å². The summed E-state index contributed by atoms with van der Waals surface area (Å²) in [5.41, 5.74) is 35.1. The maximum atomic E-state index is 2.37. The zero-order valence-electron chi connectivity index (χ0n) is 72.7. The Morgan fingerprint density at radius 3 is 0.731 bits per heavy atom. The number of hydrogen-bond acceptors (Lipinski definition) is 0.